The summed E-state index contributed by atoms with van der Waals surface area (Å²) in [5.74, 6) is 0.746. The summed E-state index contributed by atoms with van der Waals surface area (Å²) in [5, 5.41) is 1.12. The molecule has 0 aliphatic heterocycles. The van der Waals surface area contributed by atoms with Gasteiger partial charge in [0.05, 0.1) is 11.7 Å². The Labute approximate surface area is 119 Å². The Kier molecular flexibility index (Phi) is 3.42. The average Bonchev–Trinajstić information content (AvgIpc) is 2.45. The van der Waals surface area contributed by atoms with E-state index in [1.807, 2.05) is 30.3 Å². The predicted molar refractivity (Wildman–Crippen MR) is 78.0 cm³/mol. The number of nitrogens with zero attached hydrogens (tertiary/aromatic N) is 2. The van der Waals surface area contributed by atoms with Crippen LogP contribution >= 0.6 is 15.9 Å². The molecule has 0 unspecified atom stereocenters. The topological polar surface area (TPSA) is 35.0 Å². The molecule has 2 heterocycles. The van der Waals surface area contributed by atoms with Gasteiger partial charge in [0.15, 0.2) is 0 Å². The van der Waals surface area contributed by atoms with E-state index in [1.54, 1.807) is 18.6 Å². The van der Waals surface area contributed by atoms with Crippen LogP contribution in [0.2, 0.25) is 0 Å². The van der Waals surface area contributed by atoms with Gasteiger partial charge in [0.25, 0.3) is 0 Å². The highest BCUT2D eigenvalue weighted by Gasteiger charge is 2.02. The van der Waals surface area contributed by atoms with Crippen LogP contribution in [-0.2, 0) is 6.61 Å². The molecule has 0 saturated heterocycles. The van der Waals surface area contributed by atoms with Crippen molar-refractivity contribution < 1.29 is 4.74 Å². The van der Waals surface area contributed by atoms with Crippen molar-refractivity contribution in [1.82, 2.24) is 9.97 Å². The molecule has 0 N–H and O–H groups in total. The van der Waals surface area contributed by atoms with Crippen molar-refractivity contribution in [3.8, 4) is 5.75 Å². The third kappa shape index (κ3) is 2.74. The summed E-state index contributed by atoms with van der Waals surface area (Å²) >= 11 is 3.38. The van der Waals surface area contributed by atoms with Crippen molar-refractivity contribution in [3.05, 3.63) is 65.0 Å². The summed E-state index contributed by atoms with van der Waals surface area (Å²) < 4.78 is 6.67. The molecule has 0 bridgehead atoms. The normalized spacial score (nSPS) is 10.6. The number of rotatable bonds is 3. The van der Waals surface area contributed by atoms with Crippen LogP contribution < -0.4 is 4.74 Å². The Morgan fingerprint density at radius 3 is 2.89 bits per heavy atom. The lowest BCUT2D eigenvalue weighted by Crippen LogP contribution is -1.97. The second-order valence-electron chi connectivity index (χ2n) is 4.11. The first-order valence-electron chi connectivity index (χ1n) is 5.89. The lowest BCUT2D eigenvalue weighted by molar-refractivity contribution is 0.306. The highest BCUT2D eigenvalue weighted by molar-refractivity contribution is 9.10. The van der Waals surface area contributed by atoms with E-state index in [2.05, 4.69) is 32.0 Å². The molecular formula is C15H11BrN2O. The number of aromatic nitrogens is 2. The van der Waals surface area contributed by atoms with Crippen LogP contribution in [0.4, 0.5) is 0 Å². The molecule has 0 radical (unpaired) electrons. The first-order chi connectivity index (χ1) is 9.33. The van der Waals surface area contributed by atoms with Crippen molar-refractivity contribution in [1.29, 1.82) is 0 Å². The molecule has 0 aliphatic rings. The molecule has 3 rings (SSSR count). The Morgan fingerprint density at radius 1 is 1.11 bits per heavy atom. The van der Waals surface area contributed by atoms with Crippen LogP contribution in [0.15, 0.2) is 59.5 Å². The number of fused-ring (bicyclic) bond motifs is 1. The third-order valence-electron chi connectivity index (χ3n) is 2.81. The Hall–Kier alpha value is -1.94. The molecule has 19 heavy (non-hydrogen) atoms. The van der Waals surface area contributed by atoms with Gasteiger partial charge in [-0.2, -0.15) is 0 Å². The van der Waals surface area contributed by atoms with Crippen LogP contribution in [-0.4, -0.2) is 9.97 Å². The minimum atomic E-state index is 0.501. The van der Waals surface area contributed by atoms with Gasteiger partial charge in [0.2, 0.25) is 0 Å². The highest BCUT2D eigenvalue weighted by atomic mass is 79.9. The van der Waals surface area contributed by atoms with Crippen LogP contribution in [0.3, 0.4) is 0 Å². The quantitative estimate of drug-likeness (QED) is 0.733. The number of hydrogen-bond donors (Lipinski definition) is 0. The molecule has 0 atom stereocenters. The van der Waals surface area contributed by atoms with E-state index in [-0.39, 0.29) is 0 Å². The van der Waals surface area contributed by atoms with Gasteiger partial charge in [0.1, 0.15) is 12.4 Å². The van der Waals surface area contributed by atoms with E-state index in [4.69, 9.17) is 4.74 Å². The maximum absolute atomic E-state index is 5.76. The highest BCUT2D eigenvalue weighted by Crippen LogP contribution is 2.20. The van der Waals surface area contributed by atoms with Crippen LogP contribution in [0.5, 0.6) is 5.75 Å². The summed E-state index contributed by atoms with van der Waals surface area (Å²) in [5.41, 5.74) is 2.10. The molecule has 2 aromatic heterocycles. The van der Waals surface area contributed by atoms with E-state index >= 15 is 0 Å². The van der Waals surface area contributed by atoms with E-state index in [9.17, 15) is 0 Å². The van der Waals surface area contributed by atoms with E-state index in [0.717, 1.165) is 26.7 Å². The molecule has 0 amide bonds. The third-order valence-corrected chi connectivity index (χ3v) is 3.25. The van der Waals surface area contributed by atoms with Crippen molar-refractivity contribution >= 4 is 26.8 Å². The molecule has 1 aromatic carbocycles. The average molecular weight is 315 g/mol. The number of hydrogen-bond acceptors (Lipinski definition) is 3. The fraction of sp³-hybridized carbons (Fsp3) is 0.0667. The molecule has 94 valence electrons. The van der Waals surface area contributed by atoms with Crippen molar-refractivity contribution in [2.45, 2.75) is 6.61 Å². The second-order valence-corrected chi connectivity index (χ2v) is 5.03. The zero-order chi connectivity index (χ0) is 13.1. The first kappa shape index (κ1) is 12.1. The van der Waals surface area contributed by atoms with E-state index in [0.29, 0.717) is 6.61 Å². The maximum atomic E-state index is 5.76. The molecule has 0 spiro atoms. The minimum absolute atomic E-state index is 0.501. The summed E-state index contributed by atoms with van der Waals surface area (Å²) in [6, 6.07) is 11.9. The summed E-state index contributed by atoms with van der Waals surface area (Å²) in [4.78, 5) is 8.41. The van der Waals surface area contributed by atoms with Gasteiger partial charge < -0.3 is 4.74 Å². The fourth-order valence-electron chi connectivity index (χ4n) is 1.91. The molecule has 4 heteroatoms. The lowest BCUT2D eigenvalue weighted by Gasteiger charge is -2.08. The van der Waals surface area contributed by atoms with Gasteiger partial charge >= 0.3 is 0 Å². The second kappa shape index (κ2) is 5.36. The monoisotopic (exact) mass is 314 g/mol. The van der Waals surface area contributed by atoms with Gasteiger partial charge in [-0.25, -0.2) is 0 Å². The number of pyridine rings is 2. The molecular weight excluding hydrogens is 304 g/mol. The molecule has 0 fully saturated rings. The van der Waals surface area contributed by atoms with E-state index in [1.165, 1.54) is 0 Å². The largest absolute Gasteiger partial charge is 0.487 e. The van der Waals surface area contributed by atoms with Crippen LogP contribution in [0, 0.1) is 0 Å². The summed E-state index contributed by atoms with van der Waals surface area (Å²) in [7, 11) is 0. The molecule has 0 saturated carbocycles. The summed E-state index contributed by atoms with van der Waals surface area (Å²) in [6.07, 6.45) is 5.24. The lowest BCUT2D eigenvalue weighted by atomic mass is 10.1. The SMILES string of the molecule is Brc1cncc(OCc2ccnc3ccccc23)c1. The number of para-hydroxylation sites is 1. The number of benzene rings is 1. The minimum Gasteiger partial charge on any atom is -0.487 e. The molecule has 3 aromatic rings. The van der Waals surface area contributed by atoms with Gasteiger partial charge in [0, 0.05) is 27.8 Å². The van der Waals surface area contributed by atoms with Crippen LogP contribution in [0.1, 0.15) is 5.56 Å². The Bertz CT molecular complexity index is 710. The smallest absolute Gasteiger partial charge is 0.139 e. The number of ether oxygens (including phenoxy) is 1. The van der Waals surface area contributed by atoms with Crippen LogP contribution in [0.25, 0.3) is 10.9 Å². The zero-order valence-electron chi connectivity index (χ0n) is 10.1. The van der Waals surface area contributed by atoms with Gasteiger partial charge in [-0.15, -0.1) is 0 Å². The standard InChI is InChI=1S/C15H11BrN2O/c16-12-7-13(9-17-8-12)19-10-11-5-6-18-15-4-2-1-3-14(11)15/h1-9H,10H2. The van der Waals surface area contributed by atoms with Gasteiger partial charge in [-0.3, -0.25) is 9.97 Å². The predicted octanol–water partition coefficient (Wildman–Crippen LogP) is 3.97. The molecule has 3 nitrogen and oxygen atoms in total. The Balaban J connectivity index is 1.86. The van der Waals surface area contributed by atoms with E-state index < -0.39 is 0 Å². The fourth-order valence-corrected chi connectivity index (χ4v) is 2.26. The maximum Gasteiger partial charge on any atom is 0.139 e. The van der Waals surface area contributed by atoms with Gasteiger partial charge in [-0.1, -0.05) is 18.2 Å². The number of halogens is 1. The summed E-state index contributed by atoms with van der Waals surface area (Å²) in [6.45, 7) is 0.501. The van der Waals surface area contributed by atoms with Crippen molar-refractivity contribution in [2.24, 2.45) is 0 Å². The van der Waals surface area contributed by atoms with Crippen molar-refractivity contribution in [2.75, 3.05) is 0 Å². The van der Waals surface area contributed by atoms with Gasteiger partial charge in [-0.05, 0) is 34.1 Å². The Morgan fingerprint density at radius 2 is 2.00 bits per heavy atom. The molecule has 0 aliphatic carbocycles. The zero-order valence-corrected chi connectivity index (χ0v) is 11.7. The van der Waals surface area contributed by atoms with Crippen molar-refractivity contribution in [3.63, 3.8) is 0 Å². The first-order valence-corrected chi connectivity index (χ1v) is 6.68.